The third-order valence-corrected chi connectivity index (χ3v) is 14.9. The molecule has 42 heavy (non-hydrogen) atoms. The summed E-state index contributed by atoms with van der Waals surface area (Å²) in [7, 11) is 0. The molecule has 2 fully saturated rings. The van der Waals surface area contributed by atoms with E-state index in [9.17, 15) is 15.8 Å². The van der Waals surface area contributed by atoms with Crippen molar-refractivity contribution in [1.29, 1.82) is 15.8 Å². The van der Waals surface area contributed by atoms with Crippen molar-refractivity contribution in [2.75, 3.05) is 0 Å². The molecule has 204 valence electrons. The number of hydrogen-bond acceptors (Lipinski definition) is 7. The lowest BCUT2D eigenvalue weighted by molar-refractivity contribution is 0.354. The van der Waals surface area contributed by atoms with E-state index in [0.717, 1.165) is 35.4 Å². The van der Waals surface area contributed by atoms with Crippen molar-refractivity contribution in [3.8, 4) is 37.7 Å². The van der Waals surface area contributed by atoms with Gasteiger partial charge in [-0.25, -0.2) is 10.1 Å². The zero-order chi connectivity index (χ0) is 28.6. The van der Waals surface area contributed by atoms with Crippen LogP contribution in [0.15, 0.2) is 23.4 Å². The van der Waals surface area contributed by atoms with Gasteiger partial charge in [0.05, 0.1) is 31.8 Å². The summed E-state index contributed by atoms with van der Waals surface area (Å²) in [5.41, 5.74) is 6.32. The molecule has 0 aromatic carbocycles. The molecule has 0 aliphatic heterocycles. The molecule has 8 rings (SSSR count). The first kappa shape index (κ1) is 26.2. The molecule has 8 heteroatoms. The first-order valence-corrected chi connectivity index (χ1v) is 17.7. The van der Waals surface area contributed by atoms with Crippen molar-refractivity contribution in [2.45, 2.75) is 75.0 Å². The van der Waals surface area contributed by atoms with E-state index in [0.29, 0.717) is 0 Å². The summed E-state index contributed by atoms with van der Waals surface area (Å²) in [6, 6.07) is 10.7. The Morgan fingerprint density at radius 2 is 1.14 bits per heavy atom. The molecule has 4 aliphatic rings. The van der Waals surface area contributed by atoms with Crippen molar-refractivity contribution >= 4 is 66.9 Å². The van der Waals surface area contributed by atoms with Gasteiger partial charge in [0.15, 0.2) is 0 Å². The van der Waals surface area contributed by atoms with Gasteiger partial charge >= 0.3 is 0 Å². The maximum Gasteiger partial charge on any atom is 0.263 e. The zero-order valence-electron chi connectivity index (χ0n) is 22.8. The second kappa shape index (κ2) is 9.50. The number of nitrogens with zero attached hydrogens (tertiary/aromatic N) is 4. The minimum absolute atomic E-state index is 0.0189. The summed E-state index contributed by atoms with van der Waals surface area (Å²) in [5.74, 6) is 0. The van der Waals surface area contributed by atoms with Crippen LogP contribution < -0.4 is 0 Å². The van der Waals surface area contributed by atoms with Gasteiger partial charge in [0.1, 0.15) is 17.7 Å². The van der Waals surface area contributed by atoms with Gasteiger partial charge in [0.2, 0.25) is 0 Å². The summed E-state index contributed by atoms with van der Waals surface area (Å²) in [6.07, 6.45) is 15.6. The van der Waals surface area contributed by atoms with Gasteiger partial charge < -0.3 is 0 Å². The molecule has 4 aromatic heterocycles. The van der Waals surface area contributed by atoms with Crippen molar-refractivity contribution < 1.29 is 0 Å². The molecule has 2 spiro atoms. The zero-order valence-corrected chi connectivity index (χ0v) is 26.1. The number of allylic oxidation sites excluding steroid dienone is 2. The molecule has 4 aromatic rings. The molecule has 4 heterocycles. The third-order valence-electron chi connectivity index (χ3n) is 9.88. The van der Waals surface area contributed by atoms with Gasteiger partial charge in [-0.2, -0.15) is 10.5 Å². The summed E-state index contributed by atoms with van der Waals surface area (Å²) in [4.78, 5) is 11.0. The number of fused-ring (bicyclic) bond motifs is 13. The highest BCUT2D eigenvalue weighted by molar-refractivity contribution is 7.34. The van der Waals surface area contributed by atoms with Gasteiger partial charge in [-0.05, 0) is 61.1 Å². The lowest BCUT2D eigenvalue weighted by Crippen LogP contribution is -2.28. The molecule has 0 bridgehead atoms. The van der Waals surface area contributed by atoms with E-state index in [4.69, 9.17) is 6.57 Å². The lowest BCUT2D eigenvalue weighted by atomic mass is 9.67. The van der Waals surface area contributed by atoms with Crippen LogP contribution in [0.3, 0.4) is 0 Å². The predicted molar refractivity (Wildman–Crippen MR) is 173 cm³/mol. The SMILES string of the molecule is [C-]#[N+]/C(C#N)=C/c1cc2c(s1)-c1sc3c4c(sc3c1C21CCCCC1)-c1sc(C=C(C#N)C#N)cc1C41CCCCC1. The van der Waals surface area contributed by atoms with Crippen molar-refractivity contribution in [3.05, 3.63) is 66.8 Å². The fourth-order valence-electron chi connectivity index (χ4n) is 8.21. The summed E-state index contributed by atoms with van der Waals surface area (Å²) >= 11 is 7.50. The lowest BCUT2D eigenvalue weighted by Gasteiger charge is -2.35. The second-order valence-corrected chi connectivity index (χ2v) is 16.1. The average Bonchev–Trinajstić information content (AvgIpc) is 3.84. The van der Waals surface area contributed by atoms with E-state index in [1.165, 1.54) is 78.6 Å². The highest BCUT2D eigenvalue weighted by atomic mass is 32.1. The van der Waals surface area contributed by atoms with Crippen LogP contribution in [0.4, 0.5) is 0 Å². The highest BCUT2D eigenvalue weighted by Gasteiger charge is 2.52. The Bertz CT molecular complexity index is 1870. The first-order chi connectivity index (χ1) is 20.6. The summed E-state index contributed by atoms with van der Waals surface area (Å²) in [6.45, 7) is 7.37. The van der Waals surface area contributed by atoms with Gasteiger partial charge in [0, 0.05) is 41.5 Å². The van der Waals surface area contributed by atoms with Crippen molar-refractivity contribution in [3.63, 3.8) is 0 Å². The highest BCUT2D eigenvalue weighted by Crippen LogP contribution is 2.69. The van der Waals surface area contributed by atoms with E-state index < -0.39 is 0 Å². The second-order valence-electron chi connectivity index (χ2n) is 11.9. The number of hydrogen-bond donors (Lipinski definition) is 0. The van der Waals surface area contributed by atoms with Crippen LogP contribution in [0.1, 0.15) is 96.2 Å². The largest absolute Gasteiger partial charge is 0.263 e. The Kier molecular flexibility index (Phi) is 5.92. The Labute approximate surface area is 260 Å². The van der Waals surface area contributed by atoms with E-state index in [1.807, 2.05) is 40.9 Å². The Balaban J connectivity index is 1.37. The van der Waals surface area contributed by atoms with E-state index in [1.54, 1.807) is 46.0 Å². The van der Waals surface area contributed by atoms with Crippen molar-refractivity contribution in [1.82, 2.24) is 0 Å². The predicted octanol–water partition coefficient (Wildman–Crippen LogP) is 10.8. The summed E-state index contributed by atoms with van der Waals surface area (Å²) in [5, 5.41) is 28.2. The molecular formula is C34H24N4S4. The van der Waals surface area contributed by atoms with Crippen LogP contribution >= 0.6 is 45.3 Å². The smallest absolute Gasteiger partial charge is 0.227 e. The Hall–Kier alpha value is -3.50. The topological polar surface area (TPSA) is 75.7 Å². The molecule has 0 amide bonds. The van der Waals surface area contributed by atoms with Crippen molar-refractivity contribution in [2.24, 2.45) is 0 Å². The average molecular weight is 617 g/mol. The molecule has 0 N–H and O–H groups in total. The minimum atomic E-state index is 0.0189. The molecule has 0 unspecified atom stereocenters. The van der Waals surface area contributed by atoms with E-state index in [2.05, 4.69) is 17.0 Å². The van der Waals surface area contributed by atoms with Crippen LogP contribution in [-0.2, 0) is 10.8 Å². The molecule has 4 nitrogen and oxygen atoms in total. The third kappa shape index (κ3) is 3.39. The summed E-state index contributed by atoms with van der Waals surface area (Å²) < 4.78 is 2.97. The van der Waals surface area contributed by atoms with E-state index >= 15 is 0 Å². The molecule has 0 atom stereocenters. The molecule has 4 aliphatic carbocycles. The van der Waals surface area contributed by atoms with Crippen LogP contribution in [0, 0.1) is 40.6 Å². The van der Waals surface area contributed by atoms with Crippen LogP contribution in [0.5, 0.6) is 0 Å². The molecule has 0 saturated heterocycles. The Morgan fingerprint density at radius 3 is 1.57 bits per heavy atom. The normalized spacial score (nSPS) is 18.9. The Morgan fingerprint density at radius 1 is 0.667 bits per heavy atom. The van der Waals surface area contributed by atoms with E-state index in [-0.39, 0.29) is 22.1 Å². The number of nitriles is 3. The van der Waals surface area contributed by atoms with Gasteiger partial charge in [0.25, 0.3) is 5.70 Å². The molecule has 2 saturated carbocycles. The fourth-order valence-corrected chi connectivity index (χ4v) is 14.2. The number of rotatable bonds is 2. The van der Waals surface area contributed by atoms with Gasteiger partial charge in [-0.3, -0.25) is 0 Å². The monoisotopic (exact) mass is 616 g/mol. The quantitative estimate of drug-likeness (QED) is 0.166. The van der Waals surface area contributed by atoms with Gasteiger partial charge in [-0.15, -0.1) is 45.3 Å². The first-order valence-electron chi connectivity index (χ1n) is 14.5. The van der Waals surface area contributed by atoms with Crippen LogP contribution in [-0.4, -0.2) is 0 Å². The maximum atomic E-state index is 9.40. The number of thiophene rings is 4. The fraction of sp³-hybridized carbons (Fsp3) is 0.353. The molecule has 0 radical (unpaired) electrons. The van der Waals surface area contributed by atoms with Crippen LogP contribution in [0.2, 0.25) is 0 Å². The standard InChI is InChI=1S/C34H24N4S4/c1-38-20(18-37)13-22-15-24-28(40-22)30-26(34(24)10-6-3-7-11-34)32-31(42-30)25-29(41-32)27-23(33(25)8-4-2-5-9-33)14-21(39-27)12-19(16-35)17-36/h12-15H,2-11H2/b20-13+. The van der Waals surface area contributed by atoms with Gasteiger partial charge in [-0.1, -0.05) is 38.5 Å². The molecular weight excluding hydrogens is 593 g/mol. The van der Waals surface area contributed by atoms with Crippen LogP contribution in [0.25, 0.3) is 45.9 Å². The minimum Gasteiger partial charge on any atom is -0.227 e. The maximum absolute atomic E-state index is 9.40.